The molecule has 1 aliphatic heterocycles. The number of fused-ring (bicyclic) bond motifs is 1. The lowest BCUT2D eigenvalue weighted by Crippen LogP contribution is -2.38. The van der Waals surface area contributed by atoms with Crippen LogP contribution in [0.15, 0.2) is 42.5 Å². The van der Waals surface area contributed by atoms with Crippen molar-refractivity contribution in [1.29, 1.82) is 0 Å². The van der Waals surface area contributed by atoms with Gasteiger partial charge in [0.15, 0.2) is 6.10 Å². The molecule has 1 heterocycles. The average Bonchev–Trinajstić information content (AvgIpc) is 2.71. The van der Waals surface area contributed by atoms with Crippen LogP contribution < -0.4 is 14.8 Å². The molecule has 3 rings (SSSR count). The number of carbonyl (C=O) groups is 2. The van der Waals surface area contributed by atoms with Crippen LogP contribution >= 0.6 is 11.6 Å². The molecule has 1 amide bonds. The lowest BCUT2D eigenvalue weighted by Gasteiger charge is -2.25. The van der Waals surface area contributed by atoms with Crippen molar-refractivity contribution in [2.24, 2.45) is 5.92 Å². The van der Waals surface area contributed by atoms with Crippen molar-refractivity contribution in [1.82, 2.24) is 5.32 Å². The van der Waals surface area contributed by atoms with Gasteiger partial charge in [0.1, 0.15) is 18.1 Å². The Kier molecular flexibility index (Phi) is 6.41. The highest BCUT2D eigenvalue weighted by Crippen LogP contribution is 2.30. The second-order valence-electron chi connectivity index (χ2n) is 6.57. The second-order valence-corrected chi connectivity index (χ2v) is 7.01. The van der Waals surface area contributed by atoms with E-state index in [1.807, 2.05) is 24.3 Å². The van der Waals surface area contributed by atoms with Crippen LogP contribution in [0.4, 0.5) is 0 Å². The fraction of sp³-hybridized carbons (Fsp3) is 0.333. The van der Waals surface area contributed by atoms with Gasteiger partial charge in [-0.05, 0) is 43.2 Å². The Morgan fingerprint density at radius 1 is 1.29 bits per heavy atom. The standard InChI is InChI=1S/C21H22ClNO5/c1-13(20(24)23-11-14-5-3-4-6-18(14)26-2)28-21(25)16-9-15-10-17(22)7-8-19(15)27-12-16/h3-8,10,13,16H,9,11-12H2,1-2H3,(H,23,24)/t13-,16+/m1/s1. The van der Waals surface area contributed by atoms with Crippen molar-refractivity contribution in [3.05, 3.63) is 58.6 Å². The third kappa shape index (κ3) is 4.75. The van der Waals surface area contributed by atoms with Gasteiger partial charge in [-0.2, -0.15) is 0 Å². The van der Waals surface area contributed by atoms with E-state index < -0.39 is 18.0 Å². The molecule has 0 aliphatic carbocycles. The van der Waals surface area contributed by atoms with E-state index >= 15 is 0 Å². The average molecular weight is 404 g/mol. The van der Waals surface area contributed by atoms with Crippen LogP contribution in [0.5, 0.6) is 11.5 Å². The molecular formula is C21H22ClNO5. The first-order valence-electron chi connectivity index (χ1n) is 8.99. The quantitative estimate of drug-likeness (QED) is 0.750. The van der Waals surface area contributed by atoms with Crippen LogP contribution in [0.2, 0.25) is 5.02 Å². The number of methoxy groups -OCH3 is 1. The summed E-state index contributed by atoms with van der Waals surface area (Å²) in [4.78, 5) is 24.7. The van der Waals surface area contributed by atoms with Gasteiger partial charge in [-0.3, -0.25) is 9.59 Å². The Hall–Kier alpha value is -2.73. The highest BCUT2D eigenvalue weighted by atomic mass is 35.5. The summed E-state index contributed by atoms with van der Waals surface area (Å²) in [5.74, 6) is 0.0839. The van der Waals surface area contributed by atoms with Crippen LogP contribution in [-0.4, -0.2) is 31.7 Å². The molecule has 0 radical (unpaired) electrons. The maximum Gasteiger partial charge on any atom is 0.313 e. The molecule has 2 aromatic carbocycles. The van der Waals surface area contributed by atoms with E-state index in [1.54, 1.807) is 32.2 Å². The molecule has 6 nitrogen and oxygen atoms in total. The number of para-hydroxylation sites is 1. The summed E-state index contributed by atoms with van der Waals surface area (Å²) in [6, 6.07) is 12.7. The minimum absolute atomic E-state index is 0.211. The molecule has 7 heteroatoms. The van der Waals surface area contributed by atoms with Crippen molar-refractivity contribution in [2.75, 3.05) is 13.7 Å². The zero-order valence-electron chi connectivity index (χ0n) is 15.7. The molecule has 28 heavy (non-hydrogen) atoms. The first-order valence-corrected chi connectivity index (χ1v) is 9.37. The number of ether oxygens (including phenoxy) is 3. The number of nitrogens with one attached hydrogen (secondary N) is 1. The van der Waals surface area contributed by atoms with Gasteiger partial charge < -0.3 is 19.5 Å². The fourth-order valence-corrected chi connectivity index (χ4v) is 3.21. The molecule has 0 unspecified atom stereocenters. The van der Waals surface area contributed by atoms with E-state index in [2.05, 4.69) is 5.32 Å². The van der Waals surface area contributed by atoms with Gasteiger partial charge in [0.05, 0.1) is 13.0 Å². The van der Waals surface area contributed by atoms with Gasteiger partial charge >= 0.3 is 5.97 Å². The summed E-state index contributed by atoms with van der Waals surface area (Å²) >= 11 is 6.00. The van der Waals surface area contributed by atoms with E-state index in [4.69, 9.17) is 25.8 Å². The summed E-state index contributed by atoms with van der Waals surface area (Å²) in [5.41, 5.74) is 1.69. The van der Waals surface area contributed by atoms with Crippen molar-refractivity contribution < 1.29 is 23.8 Å². The van der Waals surface area contributed by atoms with Crippen LogP contribution in [-0.2, 0) is 27.3 Å². The van der Waals surface area contributed by atoms with Crippen molar-refractivity contribution >= 4 is 23.5 Å². The lowest BCUT2D eigenvalue weighted by molar-refractivity contribution is -0.160. The van der Waals surface area contributed by atoms with Gasteiger partial charge in [-0.1, -0.05) is 29.8 Å². The SMILES string of the molecule is COc1ccccc1CNC(=O)[C@@H](C)OC(=O)[C@@H]1COc2ccc(Cl)cc2C1. The Labute approximate surface area is 168 Å². The Morgan fingerprint density at radius 2 is 2.07 bits per heavy atom. The largest absolute Gasteiger partial charge is 0.496 e. The Balaban J connectivity index is 1.53. The summed E-state index contributed by atoms with van der Waals surface area (Å²) in [5, 5.41) is 3.34. The number of halogens is 1. The van der Waals surface area contributed by atoms with E-state index in [1.165, 1.54) is 0 Å². The maximum absolute atomic E-state index is 12.4. The molecule has 148 valence electrons. The maximum atomic E-state index is 12.4. The Morgan fingerprint density at radius 3 is 2.86 bits per heavy atom. The molecule has 0 saturated carbocycles. The third-order valence-electron chi connectivity index (χ3n) is 4.57. The summed E-state index contributed by atoms with van der Waals surface area (Å²) < 4.78 is 16.2. The van der Waals surface area contributed by atoms with E-state index in [0.717, 1.165) is 16.9 Å². The van der Waals surface area contributed by atoms with Gasteiger partial charge in [0.25, 0.3) is 5.91 Å². The molecule has 0 fully saturated rings. The number of rotatable bonds is 6. The zero-order valence-corrected chi connectivity index (χ0v) is 16.5. The zero-order chi connectivity index (χ0) is 20.1. The van der Waals surface area contributed by atoms with Crippen LogP contribution in [0.1, 0.15) is 18.1 Å². The number of esters is 1. The number of benzene rings is 2. The molecule has 0 spiro atoms. The smallest absolute Gasteiger partial charge is 0.313 e. The van der Waals surface area contributed by atoms with E-state index in [9.17, 15) is 9.59 Å². The molecule has 1 aliphatic rings. The van der Waals surface area contributed by atoms with Crippen molar-refractivity contribution in [2.45, 2.75) is 26.0 Å². The first kappa shape index (κ1) is 20.0. The van der Waals surface area contributed by atoms with Gasteiger partial charge in [0.2, 0.25) is 0 Å². The van der Waals surface area contributed by atoms with E-state index in [0.29, 0.717) is 17.2 Å². The molecule has 0 saturated heterocycles. The van der Waals surface area contributed by atoms with Gasteiger partial charge in [-0.25, -0.2) is 0 Å². The number of hydrogen-bond donors (Lipinski definition) is 1. The molecule has 2 atom stereocenters. The minimum atomic E-state index is -0.914. The summed E-state index contributed by atoms with van der Waals surface area (Å²) in [6.45, 7) is 2.04. The number of amides is 1. The molecule has 0 aromatic heterocycles. The van der Waals surface area contributed by atoms with Crippen LogP contribution in [0.25, 0.3) is 0 Å². The number of carbonyl (C=O) groups excluding carboxylic acids is 2. The van der Waals surface area contributed by atoms with Crippen LogP contribution in [0, 0.1) is 5.92 Å². The summed E-state index contributed by atoms with van der Waals surface area (Å²) in [6.07, 6.45) is -0.451. The van der Waals surface area contributed by atoms with E-state index in [-0.39, 0.29) is 19.1 Å². The molecule has 2 aromatic rings. The highest BCUT2D eigenvalue weighted by molar-refractivity contribution is 6.30. The third-order valence-corrected chi connectivity index (χ3v) is 4.81. The van der Waals surface area contributed by atoms with Gasteiger partial charge in [0, 0.05) is 17.1 Å². The molecule has 1 N–H and O–H groups in total. The topological polar surface area (TPSA) is 73.9 Å². The highest BCUT2D eigenvalue weighted by Gasteiger charge is 2.30. The first-order chi connectivity index (χ1) is 13.5. The fourth-order valence-electron chi connectivity index (χ4n) is 3.01. The van der Waals surface area contributed by atoms with Gasteiger partial charge in [-0.15, -0.1) is 0 Å². The minimum Gasteiger partial charge on any atom is -0.496 e. The normalized spacial score (nSPS) is 16.3. The van der Waals surface area contributed by atoms with Crippen molar-refractivity contribution in [3.8, 4) is 11.5 Å². The summed E-state index contributed by atoms with van der Waals surface area (Å²) in [7, 11) is 1.57. The van der Waals surface area contributed by atoms with Crippen LogP contribution in [0.3, 0.4) is 0 Å². The number of hydrogen-bond acceptors (Lipinski definition) is 5. The molecule has 0 bridgehead atoms. The second kappa shape index (κ2) is 8.97. The molecular weight excluding hydrogens is 382 g/mol. The van der Waals surface area contributed by atoms with Crippen molar-refractivity contribution in [3.63, 3.8) is 0 Å². The predicted octanol–water partition coefficient (Wildman–Crippen LogP) is 3.15. The lowest BCUT2D eigenvalue weighted by atomic mass is 9.97. The monoisotopic (exact) mass is 403 g/mol. The Bertz CT molecular complexity index is 870. The predicted molar refractivity (Wildman–Crippen MR) is 105 cm³/mol.